The van der Waals surface area contributed by atoms with Crippen LogP contribution in [0.25, 0.3) is 0 Å². The van der Waals surface area contributed by atoms with E-state index in [1.807, 2.05) is 11.9 Å². The highest BCUT2D eigenvalue weighted by Gasteiger charge is 2.32. The minimum atomic E-state index is 0.0518. The summed E-state index contributed by atoms with van der Waals surface area (Å²) in [5, 5.41) is 0. The molecule has 3 nitrogen and oxygen atoms in total. The van der Waals surface area contributed by atoms with E-state index in [0.29, 0.717) is 11.8 Å². The average Bonchev–Trinajstić information content (AvgIpc) is 2.28. The number of nitrogens with zero attached hydrogens (tertiary/aromatic N) is 1. The zero-order valence-electron chi connectivity index (χ0n) is 11.8. The second-order valence-corrected chi connectivity index (χ2v) is 6.13. The van der Waals surface area contributed by atoms with Gasteiger partial charge in [-0.05, 0) is 37.5 Å². The van der Waals surface area contributed by atoms with Crippen LogP contribution in [0.3, 0.4) is 0 Å². The predicted molar refractivity (Wildman–Crippen MR) is 71.6 cm³/mol. The van der Waals surface area contributed by atoms with Gasteiger partial charge < -0.3 is 10.6 Å². The summed E-state index contributed by atoms with van der Waals surface area (Å²) >= 11 is 0. The van der Waals surface area contributed by atoms with Crippen LogP contribution < -0.4 is 5.73 Å². The molecule has 100 valence electrons. The van der Waals surface area contributed by atoms with Gasteiger partial charge in [-0.15, -0.1) is 0 Å². The van der Waals surface area contributed by atoms with Crippen molar-refractivity contribution in [2.75, 3.05) is 13.6 Å². The van der Waals surface area contributed by atoms with Crippen LogP contribution in [0.15, 0.2) is 0 Å². The monoisotopic (exact) mass is 240 g/mol. The lowest BCUT2D eigenvalue weighted by atomic mass is 9.78. The van der Waals surface area contributed by atoms with Crippen molar-refractivity contribution in [2.24, 2.45) is 23.5 Å². The number of amides is 1. The molecule has 1 fully saturated rings. The van der Waals surface area contributed by atoms with Crippen molar-refractivity contribution in [1.82, 2.24) is 4.90 Å². The maximum atomic E-state index is 12.3. The smallest absolute Gasteiger partial charge is 0.226 e. The normalized spacial score (nSPS) is 29.4. The molecule has 3 atom stereocenters. The van der Waals surface area contributed by atoms with Gasteiger partial charge in [-0.2, -0.15) is 0 Å². The van der Waals surface area contributed by atoms with E-state index in [1.165, 1.54) is 6.42 Å². The average molecular weight is 240 g/mol. The molecule has 1 aliphatic carbocycles. The number of carbonyl (C=O) groups is 1. The SMILES string of the molecule is CC(C)CCN(C)C(=O)C1CC(C)CCC1N. The Labute approximate surface area is 106 Å². The minimum absolute atomic E-state index is 0.0518. The van der Waals surface area contributed by atoms with Crippen LogP contribution in [-0.2, 0) is 4.79 Å². The molecule has 1 aliphatic rings. The number of carbonyl (C=O) groups excluding carboxylic acids is 1. The zero-order chi connectivity index (χ0) is 13.0. The number of nitrogens with two attached hydrogens (primary N) is 1. The van der Waals surface area contributed by atoms with E-state index in [2.05, 4.69) is 20.8 Å². The molecule has 0 heterocycles. The third kappa shape index (κ3) is 4.30. The summed E-state index contributed by atoms with van der Waals surface area (Å²) in [6, 6.07) is 0.0696. The van der Waals surface area contributed by atoms with Crippen LogP contribution in [-0.4, -0.2) is 30.4 Å². The van der Waals surface area contributed by atoms with Crippen molar-refractivity contribution in [3.63, 3.8) is 0 Å². The van der Waals surface area contributed by atoms with Crippen molar-refractivity contribution >= 4 is 5.91 Å². The van der Waals surface area contributed by atoms with E-state index in [4.69, 9.17) is 5.73 Å². The van der Waals surface area contributed by atoms with Gasteiger partial charge in [-0.3, -0.25) is 4.79 Å². The second-order valence-electron chi connectivity index (χ2n) is 6.13. The van der Waals surface area contributed by atoms with E-state index in [-0.39, 0.29) is 17.9 Å². The lowest BCUT2D eigenvalue weighted by molar-refractivity contribution is -0.136. The highest BCUT2D eigenvalue weighted by Crippen LogP contribution is 2.29. The summed E-state index contributed by atoms with van der Waals surface area (Å²) < 4.78 is 0. The third-order valence-electron chi connectivity index (χ3n) is 3.90. The molecule has 0 aromatic heterocycles. The van der Waals surface area contributed by atoms with Crippen LogP contribution in [0.1, 0.15) is 46.5 Å². The molecular formula is C14H28N2O. The fraction of sp³-hybridized carbons (Fsp3) is 0.929. The highest BCUT2D eigenvalue weighted by molar-refractivity contribution is 5.79. The quantitative estimate of drug-likeness (QED) is 0.819. The van der Waals surface area contributed by atoms with Crippen LogP contribution in [0.2, 0.25) is 0 Å². The first-order valence-corrected chi connectivity index (χ1v) is 6.92. The van der Waals surface area contributed by atoms with Gasteiger partial charge in [0.05, 0.1) is 5.92 Å². The van der Waals surface area contributed by atoms with Crippen molar-refractivity contribution in [3.05, 3.63) is 0 Å². The molecule has 0 spiro atoms. The molecule has 3 heteroatoms. The van der Waals surface area contributed by atoms with Gasteiger partial charge in [0.25, 0.3) is 0 Å². The van der Waals surface area contributed by atoms with Gasteiger partial charge in [-0.25, -0.2) is 0 Å². The van der Waals surface area contributed by atoms with E-state index >= 15 is 0 Å². The summed E-state index contributed by atoms with van der Waals surface area (Å²) in [4.78, 5) is 14.2. The van der Waals surface area contributed by atoms with Crippen molar-refractivity contribution in [2.45, 2.75) is 52.5 Å². The molecular weight excluding hydrogens is 212 g/mol. The fourth-order valence-electron chi connectivity index (χ4n) is 2.53. The first-order valence-electron chi connectivity index (χ1n) is 6.92. The van der Waals surface area contributed by atoms with Crippen molar-refractivity contribution in [3.8, 4) is 0 Å². The Morgan fingerprint density at radius 1 is 1.41 bits per heavy atom. The summed E-state index contributed by atoms with van der Waals surface area (Å²) in [6.07, 6.45) is 4.20. The number of rotatable bonds is 4. The lowest BCUT2D eigenvalue weighted by Gasteiger charge is -2.34. The molecule has 0 aromatic carbocycles. The highest BCUT2D eigenvalue weighted by atomic mass is 16.2. The van der Waals surface area contributed by atoms with Crippen LogP contribution in [0.4, 0.5) is 0 Å². The summed E-state index contributed by atoms with van der Waals surface area (Å²) in [7, 11) is 1.91. The van der Waals surface area contributed by atoms with E-state index in [1.54, 1.807) is 0 Å². The molecule has 17 heavy (non-hydrogen) atoms. The zero-order valence-corrected chi connectivity index (χ0v) is 11.8. The molecule has 3 unspecified atom stereocenters. The number of hydrogen-bond donors (Lipinski definition) is 1. The van der Waals surface area contributed by atoms with E-state index < -0.39 is 0 Å². The van der Waals surface area contributed by atoms with Gasteiger partial charge >= 0.3 is 0 Å². The lowest BCUT2D eigenvalue weighted by Crippen LogP contribution is -2.46. The molecule has 0 bridgehead atoms. The van der Waals surface area contributed by atoms with Gasteiger partial charge in [0.15, 0.2) is 0 Å². The van der Waals surface area contributed by atoms with Crippen molar-refractivity contribution < 1.29 is 4.79 Å². The maximum absolute atomic E-state index is 12.3. The van der Waals surface area contributed by atoms with Gasteiger partial charge in [0, 0.05) is 19.6 Å². The molecule has 0 radical (unpaired) electrons. The van der Waals surface area contributed by atoms with Crippen LogP contribution in [0, 0.1) is 17.8 Å². The number of hydrogen-bond acceptors (Lipinski definition) is 2. The molecule has 0 aliphatic heterocycles. The first kappa shape index (κ1) is 14.5. The molecule has 1 rings (SSSR count). The van der Waals surface area contributed by atoms with Crippen LogP contribution in [0.5, 0.6) is 0 Å². The summed E-state index contributed by atoms with van der Waals surface area (Å²) in [5.41, 5.74) is 6.09. The standard InChI is InChI=1S/C14H28N2O/c1-10(2)7-8-16(4)14(17)12-9-11(3)5-6-13(12)15/h10-13H,5-9,15H2,1-4H3. The minimum Gasteiger partial charge on any atom is -0.345 e. The Bertz CT molecular complexity index is 253. The van der Waals surface area contributed by atoms with Crippen molar-refractivity contribution in [1.29, 1.82) is 0 Å². The van der Waals surface area contributed by atoms with Gasteiger partial charge in [-0.1, -0.05) is 20.8 Å². The van der Waals surface area contributed by atoms with E-state index in [9.17, 15) is 4.79 Å². The Balaban J connectivity index is 2.49. The third-order valence-corrected chi connectivity index (χ3v) is 3.90. The molecule has 0 saturated heterocycles. The Morgan fingerprint density at radius 3 is 2.65 bits per heavy atom. The summed E-state index contributed by atoms with van der Waals surface area (Å²) in [5.74, 6) is 1.59. The van der Waals surface area contributed by atoms with E-state index in [0.717, 1.165) is 25.8 Å². The Kier molecular flexibility index (Phi) is 5.44. The topological polar surface area (TPSA) is 46.3 Å². The molecule has 1 saturated carbocycles. The summed E-state index contributed by atoms with van der Waals surface area (Å²) in [6.45, 7) is 7.45. The largest absolute Gasteiger partial charge is 0.345 e. The van der Waals surface area contributed by atoms with Gasteiger partial charge in [0.1, 0.15) is 0 Å². The molecule has 1 amide bonds. The predicted octanol–water partition coefficient (Wildman–Crippen LogP) is 2.25. The van der Waals surface area contributed by atoms with Crippen LogP contribution >= 0.6 is 0 Å². The maximum Gasteiger partial charge on any atom is 0.226 e. The fourth-order valence-corrected chi connectivity index (χ4v) is 2.53. The second kappa shape index (κ2) is 6.39. The molecule has 2 N–H and O–H groups in total. The molecule has 0 aromatic rings. The Hall–Kier alpha value is -0.570. The Morgan fingerprint density at radius 2 is 2.06 bits per heavy atom. The first-order chi connectivity index (χ1) is 7.91. The van der Waals surface area contributed by atoms with Gasteiger partial charge in [0.2, 0.25) is 5.91 Å².